The van der Waals surface area contributed by atoms with E-state index >= 15 is 0 Å². The molecule has 0 heterocycles. The molecule has 122 valence electrons. The van der Waals surface area contributed by atoms with E-state index in [-0.39, 0.29) is 11.4 Å². The zero-order valence-corrected chi connectivity index (χ0v) is 13.0. The lowest BCUT2D eigenvalue weighted by atomic mass is 10.1. The fourth-order valence-corrected chi connectivity index (χ4v) is 1.91. The van der Waals surface area contributed by atoms with E-state index in [2.05, 4.69) is 10.2 Å². The normalized spacial score (nSPS) is 12.1. The van der Waals surface area contributed by atoms with Crippen molar-refractivity contribution in [2.45, 2.75) is 13.8 Å². The minimum absolute atomic E-state index is 0.0112. The Balaban J connectivity index is 2.18. The van der Waals surface area contributed by atoms with Gasteiger partial charge in [-0.05, 0) is 49.2 Å². The van der Waals surface area contributed by atoms with Gasteiger partial charge in [0.2, 0.25) is 0 Å². The zero-order valence-electron chi connectivity index (χ0n) is 13.0. The Labute approximate surface area is 137 Å². The number of non-ortho nitro benzene ring substituents is 2. The van der Waals surface area contributed by atoms with Gasteiger partial charge in [-0.3, -0.25) is 20.2 Å². The number of hydrogen-bond donors (Lipinski definition) is 0. The van der Waals surface area contributed by atoms with Gasteiger partial charge in [-0.2, -0.15) is 10.2 Å². The molecule has 0 aromatic heterocycles. The van der Waals surface area contributed by atoms with Crippen molar-refractivity contribution in [3.05, 3.63) is 79.9 Å². The topological polar surface area (TPSA) is 111 Å². The van der Waals surface area contributed by atoms with Crippen LogP contribution in [0.2, 0.25) is 0 Å². The first kappa shape index (κ1) is 16.9. The standard InChI is InChI=1S/C16H14N4O4/c1-11(13-3-7-15(8-4-13)19(21)22)17-18-12(2)14-5-9-16(10-6-14)20(23)24/h3-10H,1-2H3/b17-11-,18-12-. The zero-order chi connectivity index (χ0) is 17.7. The summed E-state index contributed by atoms with van der Waals surface area (Å²) in [6.07, 6.45) is 0. The molecule has 0 aliphatic rings. The van der Waals surface area contributed by atoms with Crippen LogP contribution >= 0.6 is 0 Å². The van der Waals surface area contributed by atoms with Gasteiger partial charge in [0.15, 0.2) is 0 Å². The molecule has 0 aliphatic carbocycles. The van der Waals surface area contributed by atoms with E-state index in [1.807, 2.05) is 0 Å². The molecule has 0 bridgehead atoms. The predicted molar refractivity (Wildman–Crippen MR) is 90.6 cm³/mol. The highest BCUT2D eigenvalue weighted by Gasteiger charge is 2.07. The third-order valence-corrected chi connectivity index (χ3v) is 3.34. The third-order valence-electron chi connectivity index (χ3n) is 3.34. The van der Waals surface area contributed by atoms with Crippen molar-refractivity contribution in [1.29, 1.82) is 0 Å². The van der Waals surface area contributed by atoms with Gasteiger partial charge in [-0.15, -0.1) is 0 Å². The van der Waals surface area contributed by atoms with Crippen molar-refractivity contribution in [1.82, 2.24) is 0 Å². The lowest BCUT2D eigenvalue weighted by Crippen LogP contribution is -1.98. The van der Waals surface area contributed by atoms with Crippen molar-refractivity contribution in [3.63, 3.8) is 0 Å². The molecule has 8 nitrogen and oxygen atoms in total. The van der Waals surface area contributed by atoms with Crippen LogP contribution in [0.1, 0.15) is 25.0 Å². The van der Waals surface area contributed by atoms with E-state index in [0.717, 1.165) is 11.1 Å². The first-order valence-corrected chi connectivity index (χ1v) is 6.97. The van der Waals surface area contributed by atoms with E-state index < -0.39 is 9.85 Å². The van der Waals surface area contributed by atoms with Gasteiger partial charge in [-0.1, -0.05) is 0 Å². The van der Waals surface area contributed by atoms with Crippen LogP contribution in [-0.2, 0) is 0 Å². The van der Waals surface area contributed by atoms with E-state index in [1.165, 1.54) is 24.3 Å². The minimum Gasteiger partial charge on any atom is -0.258 e. The van der Waals surface area contributed by atoms with Crippen LogP contribution in [-0.4, -0.2) is 21.3 Å². The summed E-state index contributed by atoms with van der Waals surface area (Å²) in [4.78, 5) is 20.3. The highest BCUT2D eigenvalue weighted by Crippen LogP contribution is 2.14. The van der Waals surface area contributed by atoms with Gasteiger partial charge in [0.05, 0.1) is 21.3 Å². The Hall–Kier alpha value is -3.42. The van der Waals surface area contributed by atoms with Crippen LogP contribution in [0.4, 0.5) is 11.4 Å². The summed E-state index contributed by atoms with van der Waals surface area (Å²) in [5.41, 5.74) is 2.67. The summed E-state index contributed by atoms with van der Waals surface area (Å²) in [6.45, 7) is 3.49. The second kappa shape index (κ2) is 7.23. The Morgan fingerprint density at radius 1 is 0.708 bits per heavy atom. The molecule has 0 fully saturated rings. The molecule has 0 aliphatic heterocycles. The predicted octanol–water partition coefficient (Wildman–Crippen LogP) is 3.74. The molecule has 0 N–H and O–H groups in total. The van der Waals surface area contributed by atoms with Crippen LogP contribution < -0.4 is 0 Å². The molecule has 24 heavy (non-hydrogen) atoms. The van der Waals surface area contributed by atoms with Crippen molar-refractivity contribution < 1.29 is 9.85 Å². The summed E-state index contributed by atoms with van der Waals surface area (Å²) < 4.78 is 0. The van der Waals surface area contributed by atoms with Crippen LogP contribution in [0.3, 0.4) is 0 Å². The smallest absolute Gasteiger partial charge is 0.258 e. The summed E-state index contributed by atoms with van der Waals surface area (Å²) in [5.74, 6) is 0. The summed E-state index contributed by atoms with van der Waals surface area (Å²) in [5, 5.41) is 29.5. The van der Waals surface area contributed by atoms with Crippen molar-refractivity contribution in [3.8, 4) is 0 Å². The van der Waals surface area contributed by atoms with Gasteiger partial charge in [0.25, 0.3) is 11.4 Å². The molecule has 0 radical (unpaired) electrons. The number of nitro groups is 2. The molecule has 2 aromatic carbocycles. The Morgan fingerprint density at radius 3 is 1.25 bits per heavy atom. The largest absolute Gasteiger partial charge is 0.269 e. The molecule has 0 spiro atoms. The van der Waals surface area contributed by atoms with Gasteiger partial charge in [0.1, 0.15) is 0 Å². The van der Waals surface area contributed by atoms with Crippen LogP contribution in [0.25, 0.3) is 0 Å². The van der Waals surface area contributed by atoms with Crippen LogP contribution in [0, 0.1) is 20.2 Å². The highest BCUT2D eigenvalue weighted by molar-refractivity contribution is 6.01. The molecule has 8 heteroatoms. The Kier molecular flexibility index (Phi) is 5.10. The molecular formula is C16H14N4O4. The molecule has 0 amide bonds. The maximum atomic E-state index is 10.6. The SMILES string of the molecule is C/C(=N/N=C(/C)c1ccc([N+](=O)[O-])cc1)c1ccc([N+](=O)[O-])cc1. The summed E-state index contributed by atoms with van der Waals surface area (Å²) in [6, 6.07) is 12.0. The average Bonchev–Trinajstić information content (AvgIpc) is 2.59. The number of hydrogen-bond acceptors (Lipinski definition) is 6. The lowest BCUT2D eigenvalue weighted by Gasteiger charge is -2.00. The number of nitro benzene ring substituents is 2. The second-order valence-corrected chi connectivity index (χ2v) is 4.98. The van der Waals surface area contributed by atoms with Crippen LogP contribution in [0.5, 0.6) is 0 Å². The second-order valence-electron chi connectivity index (χ2n) is 4.98. The maximum absolute atomic E-state index is 10.6. The molecular weight excluding hydrogens is 312 g/mol. The average molecular weight is 326 g/mol. The summed E-state index contributed by atoms with van der Waals surface area (Å²) in [7, 11) is 0. The fourth-order valence-electron chi connectivity index (χ4n) is 1.91. The maximum Gasteiger partial charge on any atom is 0.269 e. The van der Waals surface area contributed by atoms with Gasteiger partial charge in [0, 0.05) is 24.3 Å². The Bertz CT molecular complexity index is 753. The van der Waals surface area contributed by atoms with E-state index in [4.69, 9.17) is 0 Å². The quantitative estimate of drug-likeness (QED) is 0.473. The van der Waals surface area contributed by atoms with E-state index in [1.54, 1.807) is 38.1 Å². The molecule has 2 aromatic rings. The van der Waals surface area contributed by atoms with Crippen molar-refractivity contribution in [2.75, 3.05) is 0 Å². The van der Waals surface area contributed by atoms with Crippen molar-refractivity contribution >= 4 is 22.8 Å². The first-order valence-electron chi connectivity index (χ1n) is 6.97. The van der Waals surface area contributed by atoms with Gasteiger partial charge >= 0.3 is 0 Å². The number of nitrogens with zero attached hydrogens (tertiary/aromatic N) is 4. The van der Waals surface area contributed by atoms with Gasteiger partial charge < -0.3 is 0 Å². The fraction of sp³-hybridized carbons (Fsp3) is 0.125. The monoisotopic (exact) mass is 326 g/mol. The van der Waals surface area contributed by atoms with E-state index in [0.29, 0.717) is 11.4 Å². The number of rotatable bonds is 5. The minimum atomic E-state index is -0.465. The Morgan fingerprint density at radius 2 is 1.00 bits per heavy atom. The third kappa shape index (κ3) is 4.07. The van der Waals surface area contributed by atoms with E-state index in [9.17, 15) is 20.2 Å². The lowest BCUT2D eigenvalue weighted by molar-refractivity contribution is -0.385. The molecule has 2 rings (SSSR count). The highest BCUT2D eigenvalue weighted by atomic mass is 16.6. The number of benzene rings is 2. The summed E-state index contributed by atoms with van der Waals surface area (Å²) >= 11 is 0. The molecule has 0 unspecified atom stereocenters. The molecule has 0 atom stereocenters. The van der Waals surface area contributed by atoms with Crippen LogP contribution in [0.15, 0.2) is 58.7 Å². The van der Waals surface area contributed by atoms with Gasteiger partial charge in [-0.25, -0.2) is 0 Å². The molecule has 0 saturated carbocycles. The van der Waals surface area contributed by atoms with Crippen molar-refractivity contribution in [2.24, 2.45) is 10.2 Å². The first-order chi connectivity index (χ1) is 11.4. The molecule has 0 saturated heterocycles.